The molecule has 0 amide bonds. The fraction of sp³-hybridized carbons (Fsp3) is 0.632. The van der Waals surface area contributed by atoms with Crippen LogP contribution in [0, 0.1) is 0 Å². The summed E-state index contributed by atoms with van der Waals surface area (Å²) in [6.45, 7) is 5.09. The number of rotatable bonds is 9. The van der Waals surface area contributed by atoms with E-state index in [1.165, 1.54) is 12.1 Å². The molecule has 2 rings (SSSR count). The van der Waals surface area contributed by atoms with Crippen LogP contribution in [0.4, 0.5) is 8.78 Å². The van der Waals surface area contributed by atoms with Crippen molar-refractivity contribution in [2.24, 2.45) is 4.99 Å². The number of halogens is 3. The van der Waals surface area contributed by atoms with Gasteiger partial charge in [-0.3, -0.25) is 4.90 Å². The molecule has 1 aromatic carbocycles. The summed E-state index contributed by atoms with van der Waals surface area (Å²) in [5.41, 5.74) is -0.539. The third-order valence-electron chi connectivity index (χ3n) is 4.29. The average Bonchev–Trinajstić information content (AvgIpc) is 2.66. The predicted molar refractivity (Wildman–Crippen MR) is 109 cm³/mol. The van der Waals surface area contributed by atoms with Crippen LogP contribution in [0.15, 0.2) is 23.2 Å². The van der Waals surface area contributed by atoms with E-state index in [-0.39, 0.29) is 18.8 Å². The summed E-state index contributed by atoms with van der Waals surface area (Å²) in [7, 11) is 0. The average molecular weight is 435 g/mol. The van der Waals surface area contributed by atoms with E-state index in [1.807, 2.05) is 6.92 Å². The van der Waals surface area contributed by atoms with Crippen molar-refractivity contribution in [2.45, 2.75) is 32.6 Å². The van der Waals surface area contributed by atoms with Crippen LogP contribution in [-0.4, -0.2) is 74.1 Å². The number of β-amino-alcohol motifs (C(OH)–C–C–N with tert-alkyl or cyclic N) is 1. The number of hydrogen-bond donors (Lipinski definition) is 3. The zero-order valence-corrected chi connectivity index (χ0v) is 17.5. The van der Waals surface area contributed by atoms with Crippen LogP contribution in [0.5, 0.6) is 5.75 Å². The van der Waals surface area contributed by atoms with E-state index in [1.54, 1.807) is 13.0 Å². The summed E-state index contributed by atoms with van der Waals surface area (Å²) >= 11 is 5.97. The highest BCUT2D eigenvalue weighted by Crippen LogP contribution is 2.25. The molecule has 3 N–H and O–H groups in total. The highest BCUT2D eigenvalue weighted by atomic mass is 35.5. The Labute approximate surface area is 175 Å². The van der Waals surface area contributed by atoms with Gasteiger partial charge in [0.25, 0.3) is 0 Å². The van der Waals surface area contributed by atoms with E-state index in [9.17, 15) is 13.9 Å². The number of ether oxygens (including phenoxy) is 2. The Morgan fingerprint density at radius 1 is 1.38 bits per heavy atom. The van der Waals surface area contributed by atoms with Gasteiger partial charge in [0.1, 0.15) is 5.75 Å². The quantitative estimate of drug-likeness (QED) is 0.408. The zero-order chi connectivity index (χ0) is 21.3. The molecule has 1 fully saturated rings. The Morgan fingerprint density at radius 3 is 2.76 bits per heavy atom. The molecule has 0 bridgehead atoms. The van der Waals surface area contributed by atoms with Crippen LogP contribution in [-0.2, 0) is 11.3 Å². The summed E-state index contributed by atoms with van der Waals surface area (Å²) in [6, 6.07) is 4.42. The molecule has 0 spiro atoms. The smallest absolute Gasteiger partial charge is 0.387 e. The standard InChI is InChI=1S/C19H29ClF2N4O3/c1-3-23-18(25-12-19(2,27)13-26-6-8-28-9-7-26)24-11-14-10-15(20)4-5-16(14)29-17(21)22/h4-5,10,17,27H,3,6-9,11-13H2,1-2H3,(H2,23,24,25). The lowest BCUT2D eigenvalue weighted by atomic mass is 10.1. The van der Waals surface area contributed by atoms with Crippen LogP contribution in [0.3, 0.4) is 0 Å². The van der Waals surface area contributed by atoms with Crippen molar-refractivity contribution in [3.05, 3.63) is 28.8 Å². The lowest BCUT2D eigenvalue weighted by molar-refractivity contribution is -0.0504. The third kappa shape index (κ3) is 8.69. The van der Waals surface area contributed by atoms with E-state index >= 15 is 0 Å². The molecule has 0 saturated carbocycles. The number of hydrogen-bond acceptors (Lipinski definition) is 5. The van der Waals surface area contributed by atoms with Gasteiger partial charge in [-0.15, -0.1) is 0 Å². The molecular formula is C19H29ClF2N4O3. The van der Waals surface area contributed by atoms with Crippen molar-refractivity contribution in [3.8, 4) is 5.75 Å². The van der Waals surface area contributed by atoms with Gasteiger partial charge in [-0.2, -0.15) is 8.78 Å². The van der Waals surface area contributed by atoms with Crippen molar-refractivity contribution in [2.75, 3.05) is 45.9 Å². The fourth-order valence-electron chi connectivity index (χ4n) is 2.96. The second-order valence-corrected chi connectivity index (χ2v) is 7.50. The van der Waals surface area contributed by atoms with E-state index < -0.39 is 12.2 Å². The van der Waals surface area contributed by atoms with Crippen LogP contribution in [0.25, 0.3) is 0 Å². The first-order chi connectivity index (χ1) is 13.8. The minimum Gasteiger partial charge on any atom is -0.434 e. The Bertz CT molecular complexity index is 671. The molecule has 7 nitrogen and oxygen atoms in total. The van der Waals surface area contributed by atoms with Gasteiger partial charge in [0.05, 0.1) is 25.4 Å². The molecule has 10 heteroatoms. The molecule has 0 aromatic heterocycles. The van der Waals surface area contributed by atoms with Crippen LogP contribution in [0.1, 0.15) is 19.4 Å². The number of guanidine groups is 1. The van der Waals surface area contributed by atoms with Crippen molar-refractivity contribution in [3.63, 3.8) is 0 Å². The summed E-state index contributed by atoms with van der Waals surface area (Å²) in [5.74, 6) is 0.487. The minimum absolute atomic E-state index is 0.0308. The molecule has 164 valence electrons. The minimum atomic E-state index is -2.93. The maximum absolute atomic E-state index is 12.6. The first-order valence-electron chi connectivity index (χ1n) is 9.57. The number of morpholine rings is 1. The Balaban J connectivity index is 1.99. The zero-order valence-electron chi connectivity index (χ0n) is 16.8. The Morgan fingerprint density at radius 2 is 2.10 bits per heavy atom. The molecule has 1 aromatic rings. The van der Waals surface area contributed by atoms with Gasteiger partial charge < -0.3 is 25.2 Å². The second-order valence-electron chi connectivity index (χ2n) is 7.06. The first kappa shape index (κ1) is 23.6. The van der Waals surface area contributed by atoms with Gasteiger partial charge in [-0.1, -0.05) is 11.6 Å². The van der Waals surface area contributed by atoms with Gasteiger partial charge in [-0.05, 0) is 32.0 Å². The lowest BCUT2D eigenvalue weighted by Crippen LogP contribution is -2.52. The largest absolute Gasteiger partial charge is 0.434 e. The second kappa shape index (κ2) is 11.5. The molecule has 1 aliphatic heterocycles. The Kier molecular flexibility index (Phi) is 9.35. The molecule has 1 saturated heterocycles. The fourth-order valence-corrected chi connectivity index (χ4v) is 3.15. The maximum Gasteiger partial charge on any atom is 0.387 e. The predicted octanol–water partition coefficient (Wildman–Crippen LogP) is 2.08. The SMILES string of the molecule is CCNC(=NCc1cc(Cl)ccc1OC(F)F)NCC(C)(O)CN1CCOCC1. The molecule has 0 radical (unpaired) electrons. The number of nitrogens with one attached hydrogen (secondary N) is 2. The van der Waals surface area contributed by atoms with Crippen molar-refractivity contribution >= 4 is 17.6 Å². The number of nitrogens with zero attached hydrogens (tertiary/aromatic N) is 2. The van der Waals surface area contributed by atoms with E-state index in [2.05, 4.69) is 25.3 Å². The van der Waals surface area contributed by atoms with Crippen LogP contribution >= 0.6 is 11.6 Å². The molecule has 1 unspecified atom stereocenters. The molecule has 1 atom stereocenters. The highest BCUT2D eigenvalue weighted by molar-refractivity contribution is 6.30. The van der Waals surface area contributed by atoms with Crippen molar-refractivity contribution < 1.29 is 23.4 Å². The molecule has 1 heterocycles. The molecule has 1 aliphatic rings. The number of aliphatic hydroxyl groups is 1. The summed E-state index contributed by atoms with van der Waals surface area (Å²) < 4.78 is 35.1. The number of aliphatic imine (C=N–C) groups is 1. The lowest BCUT2D eigenvalue weighted by Gasteiger charge is -2.34. The first-order valence-corrected chi connectivity index (χ1v) is 9.95. The van der Waals surface area contributed by atoms with Gasteiger partial charge in [0, 0.05) is 43.3 Å². The van der Waals surface area contributed by atoms with Crippen LogP contribution in [0.2, 0.25) is 5.02 Å². The summed E-state index contributed by atoms with van der Waals surface area (Å²) in [5, 5.41) is 17.3. The maximum atomic E-state index is 12.6. The highest BCUT2D eigenvalue weighted by Gasteiger charge is 2.25. The van der Waals surface area contributed by atoms with Gasteiger partial charge in [-0.25, -0.2) is 4.99 Å². The molecular weight excluding hydrogens is 406 g/mol. The molecule has 0 aliphatic carbocycles. The van der Waals surface area contributed by atoms with E-state index in [0.29, 0.717) is 42.8 Å². The van der Waals surface area contributed by atoms with Crippen molar-refractivity contribution in [1.29, 1.82) is 0 Å². The topological polar surface area (TPSA) is 78.4 Å². The third-order valence-corrected chi connectivity index (χ3v) is 4.53. The Hall–Kier alpha value is -1.68. The number of benzene rings is 1. The van der Waals surface area contributed by atoms with Gasteiger partial charge in [0.2, 0.25) is 0 Å². The normalized spacial score (nSPS) is 17.8. The molecule has 29 heavy (non-hydrogen) atoms. The van der Waals surface area contributed by atoms with Crippen LogP contribution < -0.4 is 15.4 Å². The van der Waals surface area contributed by atoms with Gasteiger partial charge >= 0.3 is 6.61 Å². The number of alkyl halides is 2. The summed E-state index contributed by atoms with van der Waals surface area (Å²) in [6.07, 6.45) is 0. The van der Waals surface area contributed by atoms with Gasteiger partial charge in [0.15, 0.2) is 5.96 Å². The monoisotopic (exact) mass is 434 g/mol. The van der Waals surface area contributed by atoms with Crippen molar-refractivity contribution in [1.82, 2.24) is 15.5 Å². The van der Waals surface area contributed by atoms with E-state index in [4.69, 9.17) is 16.3 Å². The summed E-state index contributed by atoms with van der Waals surface area (Å²) in [4.78, 5) is 6.56. The van der Waals surface area contributed by atoms with E-state index in [0.717, 1.165) is 13.1 Å².